The van der Waals surface area contributed by atoms with E-state index in [1.807, 2.05) is 15.3 Å². The van der Waals surface area contributed by atoms with Crippen LogP contribution in [0.1, 0.15) is 47.2 Å². The SMILES string of the molecule is C=Cn1c(/C(=N\C=N)C(C)(C)C)cn(C(C)(C)C)c1=S. The number of imidazole rings is 1. The number of aliphatic imine (C=N–C) groups is 1. The van der Waals surface area contributed by atoms with Gasteiger partial charge >= 0.3 is 0 Å². The molecule has 0 unspecified atom stereocenters. The van der Waals surface area contributed by atoms with Crippen LogP contribution in [0.15, 0.2) is 17.8 Å². The quantitative estimate of drug-likeness (QED) is 0.503. The molecule has 0 aliphatic carbocycles. The number of nitrogens with one attached hydrogen (secondary N) is 1. The largest absolute Gasteiger partial charge is 0.318 e. The van der Waals surface area contributed by atoms with Gasteiger partial charge in [-0.3, -0.25) is 9.98 Å². The molecule has 4 nitrogen and oxygen atoms in total. The van der Waals surface area contributed by atoms with E-state index in [-0.39, 0.29) is 11.0 Å². The molecule has 1 rings (SSSR count). The standard InChI is InChI=1S/C15H24N4S/c1-8-18-11(12(17-10-16)14(2,3)4)9-19(13(18)20)15(5,6)7/h8-10,16H,1H2,2-7H3/b16-10?,17-12+. The van der Waals surface area contributed by atoms with Crippen LogP contribution in [0.25, 0.3) is 6.20 Å². The van der Waals surface area contributed by atoms with Crippen LogP contribution >= 0.6 is 12.2 Å². The van der Waals surface area contributed by atoms with Crippen molar-refractivity contribution in [2.45, 2.75) is 47.1 Å². The summed E-state index contributed by atoms with van der Waals surface area (Å²) < 4.78 is 4.57. The van der Waals surface area contributed by atoms with Crippen molar-refractivity contribution >= 4 is 30.5 Å². The third-order valence-corrected chi connectivity index (χ3v) is 3.37. The topological polar surface area (TPSA) is 46.1 Å². The second-order valence-corrected chi connectivity index (χ2v) is 7.11. The van der Waals surface area contributed by atoms with Crippen molar-refractivity contribution < 1.29 is 0 Å². The van der Waals surface area contributed by atoms with E-state index in [4.69, 9.17) is 17.6 Å². The Morgan fingerprint density at radius 3 is 2.20 bits per heavy atom. The Balaban J connectivity index is 3.69. The smallest absolute Gasteiger partial charge is 0.185 e. The molecular weight excluding hydrogens is 268 g/mol. The first kappa shape index (κ1) is 16.6. The summed E-state index contributed by atoms with van der Waals surface area (Å²) >= 11 is 5.53. The third kappa shape index (κ3) is 3.15. The maximum absolute atomic E-state index is 7.29. The normalized spacial score (nSPS) is 13.4. The molecule has 1 aromatic rings. The number of rotatable bonds is 3. The Hall–Kier alpha value is -1.49. The molecule has 0 aliphatic heterocycles. The molecule has 20 heavy (non-hydrogen) atoms. The monoisotopic (exact) mass is 292 g/mol. The molecule has 1 aromatic heterocycles. The van der Waals surface area contributed by atoms with E-state index in [9.17, 15) is 0 Å². The molecule has 0 bridgehead atoms. The Kier molecular flexibility index (Phi) is 4.54. The van der Waals surface area contributed by atoms with Gasteiger partial charge in [-0.15, -0.1) is 0 Å². The minimum Gasteiger partial charge on any atom is -0.318 e. The average molecular weight is 292 g/mol. The first-order chi connectivity index (χ1) is 9.04. The fraction of sp³-hybridized carbons (Fsp3) is 0.533. The molecular formula is C15H24N4S. The van der Waals surface area contributed by atoms with Crippen LogP contribution in [0.5, 0.6) is 0 Å². The van der Waals surface area contributed by atoms with E-state index in [1.165, 1.54) is 0 Å². The zero-order valence-corrected chi connectivity index (χ0v) is 14.0. The lowest BCUT2D eigenvalue weighted by Crippen LogP contribution is -2.24. The number of aromatic nitrogens is 2. The third-order valence-electron chi connectivity index (χ3n) is 2.98. The summed E-state index contributed by atoms with van der Waals surface area (Å²) in [7, 11) is 0. The zero-order chi connectivity index (χ0) is 15.7. The van der Waals surface area contributed by atoms with Crippen molar-refractivity contribution in [1.82, 2.24) is 9.13 Å². The van der Waals surface area contributed by atoms with Gasteiger partial charge in [0.25, 0.3) is 0 Å². The Morgan fingerprint density at radius 1 is 1.30 bits per heavy atom. The van der Waals surface area contributed by atoms with E-state index in [1.54, 1.807) is 6.20 Å². The molecule has 0 aliphatic rings. The average Bonchev–Trinajstić information content (AvgIpc) is 2.60. The van der Waals surface area contributed by atoms with Gasteiger partial charge < -0.3 is 4.57 Å². The van der Waals surface area contributed by atoms with Gasteiger partial charge in [0.1, 0.15) is 6.34 Å². The van der Waals surface area contributed by atoms with Crippen molar-refractivity contribution in [3.05, 3.63) is 23.2 Å². The van der Waals surface area contributed by atoms with Crippen molar-refractivity contribution in [3.63, 3.8) is 0 Å². The highest BCUT2D eigenvalue weighted by atomic mass is 32.1. The molecule has 0 atom stereocenters. The Bertz CT molecular complexity index is 603. The molecule has 110 valence electrons. The van der Waals surface area contributed by atoms with Crippen molar-refractivity contribution in [2.24, 2.45) is 10.4 Å². The Morgan fingerprint density at radius 2 is 1.85 bits per heavy atom. The van der Waals surface area contributed by atoms with Crippen molar-refractivity contribution in [1.29, 1.82) is 5.41 Å². The van der Waals surface area contributed by atoms with Gasteiger partial charge in [-0.05, 0) is 33.0 Å². The van der Waals surface area contributed by atoms with E-state index < -0.39 is 0 Å². The maximum atomic E-state index is 7.29. The molecule has 1 N–H and O–H groups in total. The molecule has 0 saturated heterocycles. The summed E-state index contributed by atoms with van der Waals surface area (Å²) in [5, 5.41) is 7.29. The highest BCUT2D eigenvalue weighted by Crippen LogP contribution is 2.25. The molecule has 0 radical (unpaired) electrons. The Labute approximate surface area is 126 Å². The number of hydrogen-bond donors (Lipinski definition) is 1. The van der Waals surface area contributed by atoms with Crippen LogP contribution in [-0.2, 0) is 5.54 Å². The van der Waals surface area contributed by atoms with E-state index in [0.29, 0.717) is 4.77 Å². The summed E-state index contributed by atoms with van der Waals surface area (Å²) in [4.78, 5) is 4.24. The van der Waals surface area contributed by atoms with Crippen molar-refractivity contribution in [3.8, 4) is 0 Å². The minimum absolute atomic E-state index is 0.117. The van der Waals surface area contributed by atoms with Gasteiger partial charge in [0, 0.05) is 23.4 Å². The lowest BCUT2D eigenvalue weighted by molar-refractivity contribution is 0.390. The van der Waals surface area contributed by atoms with Crippen LogP contribution in [0, 0.1) is 15.6 Å². The van der Waals surface area contributed by atoms with E-state index in [2.05, 4.69) is 53.1 Å². The predicted molar refractivity (Wildman–Crippen MR) is 89.4 cm³/mol. The van der Waals surface area contributed by atoms with Crippen LogP contribution in [0.2, 0.25) is 0 Å². The molecule has 1 heterocycles. The van der Waals surface area contributed by atoms with Gasteiger partial charge in [-0.25, -0.2) is 4.99 Å². The van der Waals surface area contributed by atoms with E-state index >= 15 is 0 Å². The van der Waals surface area contributed by atoms with Crippen LogP contribution in [0.4, 0.5) is 0 Å². The second-order valence-electron chi connectivity index (χ2n) is 6.75. The fourth-order valence-electron chi connectivity index (χ4n) is 2.00. The summed E-state index contributed by atoms with van der Waals surface area (Å²) in [6, 6.07) is 0. The van der Waals surface area contributed by atoms with Crippen LogP contribution in [-0.4, -0.2) is 21.2 Å². The van der Waals surface area contributed by atoms with Gasteiger partial charge in [-0.1, -0.05) is 27.4 Å². The highest BCUT2D eigenvalue weighted by Gasteiger charge is 2.26. The number of hydrogen-bond acceptors (Lipinski definition) is 2. The highest BCUT2D eigenvalue weighted by molar-refractivity contribution is 7.71. The summed E-state index contributed by atoms with van der Waals surface area (Å²) in [6.07, 6.45) is 4.77. The second kappa shape index (κ2) is 5.48. The van der Waals surface area contributed by atoms with Gasteiger partial charge in [0.05, 0.1) is 11.4 Å². The number of nitrogens with zero attached hydrogens (tertiary/aromatic N) is 3. The summed E-state index contributed by atoms with van der Waals surface area (Å²) in [5.41, 5.74) is 1.40. The van der Waals surface area contributed by atoms with Gasteiger partial charge in [0.2, 0.25) is 0 Å². The van der Waals surface area contributed by atoms with Gasteiger partial charge in [0.15, 0.2) is 4.77 Å². The molecule has 0 aromatic carbocycles. The maximum Gasteiger partial charge on any atom is 0.185 e. The van der Waals surface area contributed by atoms with Crippen LogP contribution in [0.3, 0.4) is 0 Å². The molecule has 0 saturated carbocycles. The fourth-order valence-corrected chi connectivity index (χ4v) is 2.50. The molecule has 0 spiro atoms. The minimum atomic E-state index is -0.186. The summed E-state index contributed by atoms with van der Waals surface area (Å²) in [5.74, 6) is 0. The lowest BCUT2D eigenvalue weighted by atomic mass is 9.88. The molecule has 5 heteroatoms. The first-order valence-corrected chi connectivity index (χ1v) is 6.99. The molecule has 0 fully saturated rings. The lowest BCUT2D eigenvalue weighted by Gasteiger charge is -2.21. The van der Waals surface area contributed by atoms with Gasteiger partial charge in [-0.2, -0.15) is 0 Å². The summed E-state index contributed by atoms with van der Waals surface area (Å²) in [6.45, 7) is 16.4. The van der Waals surface area contributed by atoms with Crippen molar-refractivity contribution in [2.75, 3.05) is 0 Å². The zero-order valence-electron chi connectivity index (χ0n) is 13.2. The molecule has 0 amide bonds. The first-order valence-electron chi connectivity index (χ1n) is 6.58. The van der Waals surface area contributed by atoms with E-state index in [0.717, 1.165) is 17.7 Å². The van der Waals surface area contributed by atoms with Crippen LogP contribution < -0.4 is 0 Å². The predicted octanol–water partition coefficient (Wildman–Crippen LogP) is 4.32.